The smallest absolute Gasteiger partial charge is 0.181 e. The van der Waals surface area contributed by atoms with Crippen LogP contribution < -0.4 is 4.74 Å². The quantitative estimate of drug-likeness (QED) is 0.0784. The van der Waals surface area contributed by atoms with E-state index in [0.29, 0.717) is 35.4 Å². The summed E-state index contributed by atoms with van der Waals surface area (Å²) in [5.74, 6) is 0.481. The molecule has 8 heteroatoms. The van der Waals surface area contributed by atoms with E-state index < -0.39 is 6.29 Å². The fourth-order valence-corrected chi connectivity index (χ4v) is 3.25. The van der Waals surface area contributed by atoms with Crippen LogP contribution in [0.3, 0.4) is 0 Å². The summed E-state index contributed by atoms with van der Waals surface area (Å²) in [4.78, 5) is 0. The predicted octanol–water partition coefficient (Wildman–Crippen LogP) is 6.93. The van der Waals surface area contributed by atoms with Gasteiger partial charge in [0, 0.05) is 34.7 Å². The minimum atomic E-state index is -1.13. The molecule has 0 spiro atoms. The first-order valence-corrected chi connectivity index (χ1v) is 11.6. The molecule has 1 unspecified atom stereocenters. The van der Waals surface area contributed by atoms with E-state index in [9.17, 15) is 14.8 Å². The molecule has 0 aliphatic carbocycles. The van der Waals surface area contributed by atoms with Crippen molar-refractivity contribution in [2.24, 2.45) is 0 Å². The molecule has 5 nitrogen and oxygen atoms in total. The van der Waals surface area contributed by atoms with Crippen LogP contribution in [-0.4, -0.2) is 23.5 Å². The number of alkyl halides is 2. The molecule has 1 aromatic carbocycles. The number of nitrogens with zero attached hydrogens (tertiary/aromatic N) is 2. The third-order valence-electron chi connectivity index (χ3n) is 4.55. The molecule has 0 aromatic heterocycles. The van der Waals surface area contributed by atoms with Gasteiger partial charge in [-0.2, -0.15) is 10.5 Å². The van der Waals surface area contributed by atoms with Crippen molar-refractivity contribution in [1.29, 1.82) is 10.5 Å². The zero-order chi connectivity index (χ0) is 25.3. The molecule has 0 saturated heterocycles. The predicted molar refractivity (Wildman–Crippen MR) is 133 cm³/mol. The summed E-state index contributed by atoms with van der Waals surface area (Å²) in [6, 6.07) is 10.4. The Kier molecular flexibility index (Phi) is 14.3. The van der Waals surface area contributed by atoms with Gasteiger partial charge in [0.1, 0.15) is 11.5 Å². The minimum Gasteiger partial charge on any atom is -0.460 e. The molecular formula is C26H27Cl2FN2O3. The summed E-state index contributed by atoms with van der Waals surface area (Å²) >= 11 is 12.2. The van der Waals surface area contributed by atoms with Crippen molar-refractivity contribution in [2.45, 2.75) is 33.0 Å². The highest BCUT2D eigenvalue weighted by atomic mass is 35.5. The molecule has 0 amide bonds. The van der Waals surface area contributed by atoms with Gasteiger partial charge in [-0.15, -0.1) is 23.2 Å². The Hall–Kier alpha value is -2.87. The van der Waals surface area contributed by atoms with Gasteiger partial charge in [-0.3, -0.25) is 0 Å². The molecule has 0 fully saturated rings. The Bertz CT molecular complexity index is 1050. The van der Waals surface area contributed by atoms with Crippen LogP contribution in [0.15, 0.2) is 83.0 Å². The molecule has 0 heterocycles. The van der Waals surface area contributed by atoms with Gasteiger partial charge in [0.2, 0.25) is 0 Å². The highest BCUT2D eigenvalue weighted by molar-refractivity contribution is 6.19. The van der Waals surface area contributed by atoms with Crippen molar-refractivity contribution in [1.82, 2.24) is 0 Å². The van der Waals surface area contributed by atoms with E-state index in [0.717, 1.165) is 12.8 Å². The van der Waals surface area contributed by atoms with Crippen LogP contribution in [0, 0.1) is 22.7 Å². The number of hydrogen-bond donors (Lipinski definition) is 1. The summed E-state index contributed by atoms with van der Waals surface area (Å²) in [6.45, 7) is 3.93. The van der Waals surface area contributed by atoms with E-state index in [4.69, 9.17) is 37.9 Å². The van der Waals surface area contributed by atoms with Crippen molar-refractivity contribution in [3.63, 3.8) is 0 Å². The molecule has 0 bridgehead atoms. The number of hydrogen-bond acceptors (Lipinski definition) is 5. The lowest BCUT2D eigenvalue weighted by molar-refractivity contribution is -0.103. The fraction of sp³-hybridized carbons (Fsp3) is 0.308. The number of ether oxygens (including phenoxy) is 2. The van der Waals surface area contributed by atoms with Crippen LogP contribution in [0.4, 0.5) is 4.39 Å². The van der Waals surface area contributed by atoms with Crippen molar-refractivity contribution in [3.05, 3.63) is 88.5 Å². The van der Waals surface area contributed by atoms with Gasteiger partial charge < -0.3 is 14.6 Å². The zero-order valence-corrected chi connectivity index (χ0v) is 20.6. The van der Waals surface area contributed by atoms with Crippen molar-refractivity contribution in [3.8, 4) is 17.9 Å². The normalized spacial score (nSPS) is 14.4. The van der Waals surface area contributed by atoms with Crippen LogP contribution in [0.25, 0.3) is 0 Å². The summed E-state index contributed by atoms with van der Waals surface area (Å²) in [5, 5.41) is 28.6. The first-order valence-electron chi connectivity index (χ1n) is 10.5. The van der Waals surface area contributed by atoms with E-state index >= 15 is 0 Å². The first-order chi connectivity index (χ1) is 16.5. The van der Waals surface area contributed by atoms with Gasteiger partial charge in [0.05, 0.1) is 31.0 Å². The number of rotatable bonds is 13. The number of nitriles is 2. The number of aliphatic hydroxyl groups excluding tert-OH is 1. The number of allylic oxidation sites excluding steroid dienone is 9. The molecule has 180 valence electrons. The van der Waals surface area contributed by atoms with Crippen molar-refractivity contribution >= 4 is 23.2 Å². The van der Waals surface area contributed by atoms with Gasteiger partial charge in [0.15, 0.2) is 6.29 Å². The van der Waals surface area contributed by atoms with E-state index in [1.165, 1.54) is 25.2 Å². The maximum absolute atomic E-state index is 13.5. The molecule has 0 aliphatic heterocycles. The van der Waals surface area contributed by atoms with Gasteiger partial charge >= 0.3 is 0 Å². The second-order valence-electron chi connectivity index (χ2n) is 6.94. The molecule has 0 saturated carbocycles. The molecular weight excluding hydrogens is 478 g/mol. The van der Waals surface area contributed by atoms with E-state index in [1.807, 2.05) is 19.1 Å². The second-order valence-corrected chi connectivity index (χ2v) is 7.51. The summed E-state index contributed by atoms with van der Waals surface area (Å²) in [7, 11) is 0. The third kappa shape index (κ3) is 9.17. The number of halogens is 3. The van der Waals surface area contributed by atoms with Crippen molar-refractivity contribution < 1.29 is 19.0 Å². The Labute approximate surface area is 210 Å². The SMILES string of the molecule is CCCCOC(O)c1cccc(O/C(CCl)=C(C(=C\CCl)/C=C/C#N)\C(=C\C#N)C(\C)=C/F)c1. The lowest BCUT2D eigenvalue weighted by atomic mass is 9.91. The van der Waals surface area contributed by atoms with E-state index in [2.05, 4.69) is 0 Å². The third-order valence-corrected chi connectivity index (χ3v) is 4.95. The maximum Gasteiger partial charge on any atom is 0.181 e. The number of aliphatic hydroxyl groups is 1. The Morgan fingerprint density at radius 2 is 2.03 bits per heavy atom. The van der Waals surface area contributed by atoms with Crippen molar-refractivity contribution in [2.75, 3.05) is 18.4 Å². The molecule has 1 atom stereocenters. The van der Waals surface area contributed by atoms with E-state index in [-0.39, 0.29) is 28.7 Å². The average molecular weight is 505 g/mol. The Morgan fingerprint density at radius 1 is 1.26 bits per heavy atom. The first kappa shape index (κ1) is 29.2. The Morgan fingerprint density at radius 3 is 2.62 bits per heavy atom. The van der Waals surface area contributed by atoms with Crippen LogP contribution in [0.2, 0.25) is 0 Å². The summed E-state index contributed by atoms with van der Waals surface area (Å²) in [5.41, 5.74) is 1.59. The standard InChI is InChI=1S/C26H27Cl2FN2O3/c1-3-4-15-33-26(32)21-7-5-9-22(16-21)34-24(17-28)25(20(10-12-27)8-6-13-30)23(11-14-31)19(2)18-29/h5-11,16,18,26,32H,3-4,12,15,17H2,1-2H3/b8-6+,19-18-,20-10-,23-11+,25-24-. The lowest BCUT2D eigenvalue weighted by Crippen LogP contribution is -2.09. The van der Waals surface area contributed by atoms with Gasteiger partial charge in [-0.1, -0.05) is 31.6 Å². The van der Waals surface area contributed by atoms with E-state index in [1.54, 1.807) is 30.3 Å². The minimum absolute atomic E-state index is 0.0825. The second kappa shape index (κ2) is 16.7. The average Bonchev–Trinajstić information content (AvgIpc) is 2.85. The largest absolute Gasteiger partial charge is 0.460 e. The number of unbranched alkanes of at least 4 members (excludes halogenated alkanes) is 1. The van der Waals surface area contributed by atoms with Gasteiger partial charge in [-0.05, 0) is 42.7 Å². The van der Waals surface area contributed by atoms with Crippen LogP contribution >= 0.6 is 23.2 Å². The summed E-state index contributed by atoms with van der Waals surface area (Å²) in [6.07, 6.45) is 6.46. The van der Waals surface area contributed by atoms with Crippen LogP contribution in [-0.2, 0) is 4.74 Å². The summed E-state index contributed by atoms with van der Waals surface area (Å²) < 4.78 is 25.0. The molecule has 0 radical (unpaired) electrons. The van der Waals surface area contributed by atoms with Crippen LogP contribution in [0.5, 0.6) is 5.75 Å². The molecule has 1 rings (SSSR count). The fourth-order valence-electron chi connectivity index (χ4n) is 2.89. The van der Waals surface area contributed by atoms with Gasteiger partial charge in [0.25, 0.3) is 0 Å². The highest BCUT2D eigenvalue weighted by Crippen LogP contribution is 2.32. The zero-order valence-electron chi connectivity index (χ0n) is 19.1. The topological polar surface area (TPSA) is 86.3 Å². The van der Waals surface area contributed by atoms with Gasteiger partial charge in [-0.25, -0.2) is 4.39 Å². The molecule has 1 N–H and O–H groups in total. The number of benzene rings is 1. The highest BCUT2D eigenvalue weighted by Gasteiger charge is 2.19. The molecule has 0 aliphatic rings. The molecule has 1 aromatic rings. The Balaban J connectivity index is 3.62. The lowest BCUT2D eigenvalue weighted by Gasteiger charge is -2.19. The van der Waals surface area contributed by atoms with Crippen LogP contribution in [0.1, 0.15) is 38.5 Å². The maximum atomic E-state index is 13.5. The molecule has 34 heavy (non-hydrogen) atoms. The monoisotopic (exact) mass is 504 g/mol.